The molecule has 1 rings (SSSR count). The molecule has 15 heavy (non-hydrogen) atoms. The van der Waals surface area contributed by atoms with Crippen molar-refractivity contribution < 1.29 is 17.6 Å². The molecular weight excluding hydrogens is 210 g/mol. The molecule has 1 aromatic rings. The molecule has 5 heteroatoms. The van der Waals surface area contributed by atoms with Gasteiger partial charge in [0, 0.05) is 17.7 Å². The highest BCUT2D eigenvalue weighted by Crippen LogP contribution is 2.20. The van der Waals surface area contributed by atoms with Crippen LogP contribution in [0.15, 0.2) is 6.07 Å². The van der Waals surface area contributed by atoms with Crippen molar-refractivity contribution >= 4 is 0 Å². The zero-order valence-corrected chi connectivity index (χ0v) is 8.16. The number of benzene rings is 1. The molecule has 0 spiro atoms. The molecule has 0 fully saturated rings. The lowest BCUT2D eigenvalue weighted by atomic mass is 10.0. The predicted octanol–water partition coefficient (Wildman–Crippen LogP) is 2.52. The second kappa shape index (κ2) is 4.61. The van der Waals surface area contributed by atoms with Gasteiger partial charge in [-0.1, -0.05) is 0 Å². The van der Waals surface area contributed by atoms with E-state index < -0.39 is 28.8 Å². The lowest BCUT2D eigenvalue weighted by Crippen LogP contribution is -2.16. The van der Waals surface area contributed by atoms with E-state index in [-0.39, 0.29) is 24.9 Å². The van der Waals surface area contributed by atoms with Gasteiger partial charge in [-0.3, -0.25) is 0 Å². The van der Waals surface area contributed by atoms with E-state index in [1.54, 1.807) is 6.92 Å². The van der Waals surface area contributed by atoms with Gasteiger partial charge in [-0.2, -0.15) is 0 Å². The van der Waals surface area contributed by atoms with E-state index in [1.165, 1.54) is 0 Å². The molecule has 0 unspecified atom stereocenters. The summed E-state index contributed by atoms with van der Waals surface area (Å²) in [5, 5.41) is 0. The summed E-state index contributed by atoms with van der Waals surface area (Å²) in [4.78, 5) is 0. The van der Waals surface area contributed by atoms with Crippen LogP contribution in [0.2, 0.25) is 0 Å². The first-order valence-corrected chi connectivity index (χ1v) is 4.51. The van der Waals surface area contributed by atoms with E-state index in [9.17, 15) is 17.6 Å². The number of nitrogens with two attached hydrogens (primary N) is 1. The van der Waals surface area contributed by atoms with Crippen molar-refractivity contribution in [3.8, 4) is 0 Å². The molecule has 1 nitrogen and oxygen atoms in total. The molecule has 0 aliphatic heterocycles. The highest BCUT2D eigenvalue weighted by atomic mass is 19.2. The van der Waals surface area contributed by atoms with Gasteiger partial charge in [0.05, 0.1) is 0 Å². The summed E-state index contributed by atoms with van der Waals surface area (Å²) in [6.45, 7) is 1.64. The lowest BCUT2D eigenvalue weighted by molar-refractivity contribution is 0.435. The molecule has 0 aliphatic carbocycles. The van der Waals surface area contributed by atoms with Gasteiger partial charge in [-0.05, 0) is 19.8 Å². The molecular formula is C10H11F4N. The maximum Gasteiger partial charge on any atom is 0.165 e. The zero-order valence-electron chi connectivity index (χ0n) is 8.16. The number of hydrogen-bond acceptors (Lipinski definition) is 1. The first kappa shape index (κ1) is 12.0. The Morgan fingerprint density at radius 3 is 2.00 bits per heavy atom. The summed E-state index contributed by atoms with van der Waals surface area (Å²) in [7, 11) is 0. The highest BCUT2D eigenvalue weighted by Gasteiger charge is 2.18. The van der Waals surface area contributed by atoms with Crippen molar-refractivity contribution in [2.45, 2.75) is 25.8 Å². The maximum absolute atomic E-state index is 13.1. The Morgan fingerprint density at radius 1 is 1.13 bits per heavy atom. The van der Waals surface area contributed by atoms with Crippen LogP contribution in [0.5, 0.6) is 0 Å². The molecule has 0 amide bonds. The Labute approximate surface area is 84.9 Å². The smallest absolute Gasteiger partial charge is 0.165 e. The molecule has 0 aliphatic rings. The fourth-order valence-corrected chi connectivity index (χ4v) is 1.21. The fourth-order valence-electron chi connectivity index (χ4n) is 1.21. The third-order valence-electron chi connectivity index (χ3n) is 2.05. The third-order valence-corrected chi connectivity index (χ3v) is 2.05. The average molecular weight is 221 g/mol. The minimum atomic E-state index is -1.38. The molecule has 0 saturated carbocycles. The van der Waals surface area contributed by atoms with Gasteiger partial charge in [-0.25, -0.2) is 17.6 Å². The SMILES string of the molecule is C[C@H](N)CCc1c(F)c(F)cc(F)c1F. The van der Waals surface area contributed by atoms with Gasteiger partial charge < -0.3 is 5.73 Å². The monoisotopic (exact) mass is 221 g/mol. The van der Waals surface area contributed by atoms with E-state index in [0.29, 0.717) is 0 Å². The summed E-state index contributed by atoms with van der Waals surface area (Å²) < 4.78 is 51.6. The van der Waals surface area contributed by atoms with Gasteiger partial charge >= 0.3 is 0 Å². The number of halogens is 4. The van der Waals surface area contributed by atoms with Gasteiger partial charge in [0.25, 0.3) is 0 Å². The Hall–Kier alpha value is -1.10. The van der Waals surface area contributed by atoms with Crippen molar-refractivity contribution in [1.29, 1.82) is 0 Å². The van der Waals surface area contributed by atoms with Crippen LogP contribution in [0.3, 0.4) is 0 Å². The van der Waals surface area contributed by atoms with Crippen LogP contribution in [0.25, 0.3) is 0 Å². The first-order chi connectivity index (χ1) is 6.93. The largest absolute Gasteiger partial charge is 0.328 e. The molecule has 0 heterocycles. The number of rotatable bonds is 3. The Balaban J connectivity index is 3.04. The normalized spacial score (nSPS) is 12.9. The summed E-state index contributed by atoms with van der Waals surface area (Å²) in [6, 6.07) is -0.0878. The molecule has 84 valence electrons. The topological polar surface area (TPSA) is 26.0 Å². The number of hydrogen-bond donors (Lipinski definition) is 1. The average Bonchev–Trinajstić information content (AvgIpc) is 2.14. The summed E-state index contributed by atoms with van der Waals surface area (Å²) in [5.74, 6) is -5.44. The zero-order chi connectivity index (χ0) is 11.6. The van der Waals surface area contributed by atoms with E-state index in [4.69, 9.17) is 5.73 Å². The van der Waals surface area contributed by atoms with Crippen LogP contribution < -0.4 is 5.73 Å². The van der Waals surface area contributed by atoms with Gasteiger partial charge in [0.2, 0.25) is 0 Å². The van der Waals surface area contributed by atoms with Crippen LogP contribution in [-0.2, 0) is 6.42 Å². The quantitative estimate of drug-likeness (QED) is 0.616. The Morgan fingerprint density at radius 2 is 1.60 bits per heavy atom. The molecule has 2 N–H and O–H groups in total. The summed E-state index contributed by atoms with van der Waals surface area (Å²) in [6.07, 6.45) is 0.140. The summed E-state index contributed by atoms with van der Waals surface area (Å²) in [5.41, 5.74) is 4.81. The van der Waals surface area contributed by atoms with Crippen molar-refractivity contribution in [1.82, 2.24) is 0 Å². The molecule has 0 aromatic heterocycles. The van der Waals surface area contributed by atoms with Crippen LogP contribution in [0, 0.1) is 23.3 Å². The van der Waals surface area contributed by atoms with Gasteiger partial charge in [0.1, 0.15) is 0 Å². The standard InChI is InChI=1S/C10H11F4N/c1-5(15)2-3-6-9(13)7(11)4-8(12)10(6)14/h4-5H,2-3,15H2,1H3/t5-/m0/s1. The molecule has 1 atom stereocenters. The van der Waals surface area contributed by atoms with E-state index >= 15 is 0 Å². The highest BCUT2D eigenvalue weighted by molar-refractivity contribution is 5.22. The van der Waals surface area contributed by atoms with E-state index in [0.717, 1.165) is 0 Å². The minimum Gasteiger partial charge on any atom is -0.328 e. The molecule has 1 aromatic carbocycles. The second-order valence-electron chi connectivity index (χ2n) is 3.46. The van der Waals surface area contributed by atoms with Gasteiger partial charge in [-0.15, -0.1) is 0 Å². The van der Waals surface area contributed by atoms with Gasteiger partial charge in [0.15, 0.2) is 23.3 Å². The van der Waals surface area contributed by atoms with Crippen molar-refractivity contribution in [2.24, 2.45) is 5.73 Å². The van der Waals surface area contributed by atoms with Crippen LogP contribution in [0.1, 0.15) is 18.9 Å². The van der Waals surface area contributed by atoms with Crippen molar-refractivity contribution in [2.75, 3.05) is 0 Å². The first-order valence-electron chi connectivity index (χ1n) is 4.51. The van der Waals surface area contributed by atoms with Crippen LogP contribution in [-0.4, -0.2) is 6.04 Å². The van der Waals surface area contributed by atoms with E-state index in [1.807, 2.05) is 0 Å². The Kier molecular flexibility index (Phi) is 3.68. The van der Waals surface area contributed by atoms with E-state index in [2.05, 4.69) is 0 Å². The Bertz CT molecular complexity index is 337. The van der Waals surface area contributed by atoms with Crippen LogP contribution in [0.4, 0.5) is 17.6 Å². The predicted molar refractivity (Wildman–Crippen MR) is 48.2 cm³/mol. The van der Waals surface area contributed by atoms with Crippen molar-refractivity contribution in [3.63, 3.8) is 0 Å². The molecule has 0 bridgehead atoms. The van der Waals surface area contributed by atoms with Crippen LogP contribution >= 0.6 is 0 Å². The fraction of sp³-hybridized carbons (Fsp3) is 0.400. The third kappa shape index (κ3) is 2.68. The summed E-state index contributed by atoms with van der Waals surface area (Å²) >= 11 is 0. The molecule has 0 radical (unpaired) electrons. The van der Waals surface area contributed by atoms with Crippen molar-refractivity contribution in [3.05, 3.63) is 34.9 Å². The second-order valence-corrected chi connectivity index (χ2v) is 3.46. The lowest BCUT2D eigenvalue weighted by Gasteiger charge is -2.08. The maximum atomic E-state index is 13.1. The molecule has 0 saturated heterocycles. The minimum absolute atomic E-state index is 0.121.